The molecule has 0 saturated heterocycles. The van der Waals surface area contributed by atoms with Crippen molar-refractivity contribution in [1.82, 2.24) is 5.32 Å². The molecule has 2 unspecified atom stereocenters. The van der Waals surface area contributed by atoms with Gasteiger partial charge in [-0.05, 0) is 30.7 Å². The van der Waals surface area contributed by atoms with Gasteiger partial charge in [0.05, 0.1) is 0 Å². The molecule has 0 aliphatic heterocycles. The van der Waals surface area contributed by atoms with Crippen LogP contribution in [0.25, 0.3) is 0 Å². The van der Waals surface area contributed by atoms with Crippen LogP contribution in [0.4, 0.5) is 0 Å². The van der Waals surface area contributed by atoms with Crippen molar-refractivity contribution >= 4 is 5.91 Å². The van der Waals surface area contributed by atoms with E-state index in [0.29, 0.717) is 24.9 Å². The molecule has 0 heterocycles. The molecule has 3 heteroatoms. The van der Waals surface area contributed by atoms with Gasteiger partial charge in [-0.25, -0.2) is 0 Å². The second-order valence-corrected chi connectivity index (χ2v) is 5.09. The fourth-order valence-electron chi connectivity index (χ4n) is 2.80. The molecule has 0 spiro atoms. The molecule has 0 radical (unpaired) electrons. The van der Waals surface area contributed by atoms with Gasteiger partial charge in [0.2, 0.25) is 5.91 Å². The van der Waals surface area contributed by atoms with Gasteiger partial charge in [-0.2, -0.15) is 0 Å². The first-order valence-corrected chi connectivity index (χ1v) is 6.83. The lowest BCUT2D eigenvalue weighted by Gasteiger charge is -2.21. The van der Waals surface area contributed by atoms with Crippen molar-refractivity contribution in [3.8, 4) is 0 Å². The van der Waals surface area contributed by atoms with Gasteiger partial charge in [-0.1, -0.05) is 36.8 Å². The van der Waals surface area contributed by atoms with E-state index < -0.39 is 0 Å². The monoisotopic (exact) mass is 246 g/mol. The zero-order valence-corrected chi connectivity index (χ0v) is 10.8. The summed E-state index contributed by atoms with van der Waals surface area (Å²) in [7, 11) is 0. The largest absolute Gasteiger partial charge is 0.353 e. The zero-order valence-electron chi connectivity index (χ0n) is 10.8. The van der Waals surface area contributed by atoms with Crippen LogP contribution in [0.3, 0.4) is 0 Å². The molecule has 0 aromatic heterocycles. The van der Waals surface area contributed by atoms with Crippen LogP contribution in [0.5, 0.6) is 0 Å². The number of nitrogens with two attached hydrogens (primary N) is 1. The second-order valence-electron chi connectivity index (χ2n) is 5.09. The molecule has 1 aliphatic carbocycles. The molecule has 0 bridgehead atoms. The van der Waals surface area contributed by atoms with Crippen LogP contribution < -0.4 is 11.1 Å². The maximum atomic E-state index is 11.6. The van der Waals surface area contributed by atoms with Crippen LogP contribution in [0, 0.1) is 5.92 Å². The molecule has 1 aromatic rings. The van der Waals surface area contributed by atoms with Crippen LogP contribution in [0.1, 0.15) is 31.2 Å². The Balaban J connectivity index is 1.89. The third kappa shape index (κ3) is 3.57. The highest BCUT2D eigenvalue weighted by Crippen LogP contribution is 2.28. The Morgan fingerprint density at radius 1 is 1.28 bits per heavy atom. The maximum absolute atomic E-state index is 11.6. The third-order valence-electron chi connectivity index (χ3n) is 3.72. The molecule has 1 amide bonds. The normalized spacial score (nSPS) is 22.9. The van der Waals surface area contributed by atoms with Crippen molar-refractivity contribution in [3.05, 3.63) is 35.9 Å². The van der Waals surface area contributed by atoms with Gasteiger partial charge < -0.3 is 11.1 Å². The lowest BCUT2D eigenvalue weighted by molar-refractivity contribution is -0.121. The van der Waals surface area contributed by atoms with E-state index in [1.54, 1.807) is 0 Å². The Bertz CT molecular complexity index is 377. The van der Waals surface area contributed by atoms with E-state index in [1.807, 2.05) is 6.07 Å². The smallest absolute Gasteiger partial charge is 0.221 e. The summed E-state index contributed by atoms with van der Waals surface area (Å²) < 4.78 is 0. The maximum Gasteiger partial charge on any atom is 0.221 e. The second kappa shape index (κ2) is 6.55. The van der Waals surface area contributed by atoms with E-state index in [2.05, 4.69) is 29.6 Å². The van der Waals surface area contributed by atoms with Crippen LogP contribution in [-0.4, -0.2) is 18.5 Å². The SMILES string of the molecule is NCCC(=O)NC1CCCC1Cc1ccccc1. The van der Waals surface area contributed by atoms with Crippen molar-refractivity contribution in [2.24, 2.45) is 11.7 Å². The Hall–Kier alpha value is -1.35. The molecule has 1 aliphatic rings. The topological polar surface area (TPSA) is 55.1 Å². The molecule has 18 heavy (non-hydrogen) atoms. The van der Waals surface area contributed by atoms with E-state index in [-0.39, 0.29) is 5.91 Å². The predicted molar refractivity (Wildman–Crippen MR) is 73.1 cm³/mol. The van der Waals surface area contributed by atoms with Crippen LogP contribution in [0.15, 0.2) is 30.3 Å². The first-order chi connectivity index (χ1) is 8.79. The van der Waals surface area contributed by atoms with Crippen molar-refractivity contribution < 1.29 is 4.79 Å². The minimum Gasteiger partial charge on any atom is -0.353 e. The minimum absolute atomic E-state index is 0.0995. The molecule has 3 nitrogen and oxygen atoms in total. The van der Waals surface area contributed by atoms with Crippen LogP contribution in [-0.2, 0) is 11.2 Å². The highest BCUT2D eigenvalue weighted by atomic mass is 16.1. The highest BCUT2D eigenvalue weighted by Gasteiger charge is 2.28. The average molecular weight is 246 g/mol. The lowest BCUT2D eigenvalue weighted by atomic mass is 9.94. The number of carbonyl (C=O) groups is 1. The van der Waals surface area contributed by atoms with Gasteiger partial charge in [0.1, 0.15) is 0 Å². The molecule has 2 atom stereocenters. The van der Waals surface area contributed by atoms with Crippen LogP contribution >= 0.6 is 0 Å². The Morgan fingerprint density at radius 2 is 2.06 bits per heavy atom. The molecule has 3 N–H and O–H groups in total. The number of hydrogen-bond acceptors (Lipinski definition) is 2. The molecule has 2 rings (SSSR count). The fourth-order valence-corrected chi connectivity index (χ4v) is 2.80. The number of rotatable bonds is 5. The third-order valence-corrected chi connectivity index (χ3v) is 3.72. The predicted octanol–water partition coefficient (Wildman–Crippen LogP) is 1.86. The molecule has 1 fully saturated rings. The summed E-state index contributed by atoms with van der Waals surface area (Å²) in [5, 5.41) is 3.13. The summed E-state index contributed by atoms with van der Waals surface area (Å²) in [6, 6.07) is 10.9. The molecule has 1 saturated carbocycles. The van der Waals surface area contributed by atoms with Gasteiger partial charge in [-0.15, -0.1) is 0 Å². The van der Waals surface area contributed by atoms with Crippen molar-refractivity contribution in [2.45, 2.75) is 38.1 Å². The fraction of sp³-hybridized carbons (Fsp3) is 0.533. The molecular formula is C15H22N2O. The summed E-state index contributed by atoms with van der Waals surface area (Å²) in [6.45, 7) is 0.432. The van der Waals surface area contributed by atoms with Gasteiger partial charge in [-0.3, -0.25) is 4.79 Å². The van der Waals surface area contributed by atoms with Crippen LogP contribution in [0.2, 0.25) is 0 Å². The number of benzene rings is 1. The van der Waals surface area contributed by atoms with E-state index >= 15 is 0 Å². The number of nitrogens with one attached hydrogen (secondary N) is 1. The van der Waals surface area contributed by atoms with Gasteiger partial charge in [0, 0.05) is 19.0 Å². The highest BCUT2D eigenvalue weighted by molar-refractivity contribution is 5.76. The summed E-state index contributed by atoms with van der Waals surface area (Å²) in [5.41, 5.74) is 6.76. The van der Waals surface area contributed by atoms with E-state index in [4.69, 9.17) is 5.73 Å². The number of amides is 1. The first-order valence-electron chi connectivity index (χ1n) is 6.83. The van der Waals surface area contributed by atoms with Gasteiger partial charge >= 0.3 is 0 Å². The molecule has 1 aromatic carbocycles. The lowest BCUT2D eigenvalue weighted by Crippen LogP contribution is -2.38. The molecular weight excluding hydrogens is 224 g/mol. The average Bonchev–Trinajstić information content (AvgIpc) is 2.78. The van der Waals surface area contributed by atoms with Gasteiger partial charge in [0.15, 0.2) is 0 Å². The Kier molecular flexibility index (Phi) is 4.76. The minimum atomic E-state index is 0.0995. The summed E-state index contributed by atoms with van der Waals surface area (Å²) in [5.74, 6) is 0.677. The van der Waals surface area contributed by atoms with E-state index in [1.165, 1.54) is 18.4 Å². The van der Waals surface area contributed by atoms with E-state index in [0.717, 1.165) is 12.8 Å². The summed E-state index contributed by atoms with van der Waals surface area (Å²) in [4.78, 5) is 11.6. The zero-order chi connectivity index (χ0) is 12.8. The van der Waals surface area contributed by atoms with Gasteiger partial charge in [0.25, 0.3) is 0 Å². The number of hydrogen-bond donors (Lipinski definition) is 2. The van der Waals surface area contributed by atoms with Crippen molar-refractivity contribution in [2.75, 3.05) is 6.54 Å². The van der Waals surface area contributed by atoms with E-state index in [9.17, 15) is 4.79 Å². The standard InChI is InChI=1S/C15H22N2O/c16-10-9-15(18)17-14-8-4-7-13(14)11-12-5-2-1-3-6-12/h1-3,5-6,13-14H,4,7-11,16H2,(H,17,18). The van der Waals surface area contributed by atoms with Crippen molar-refractivity contribution in [3.63, 3.8) is 0 Å². The number of carbonyl (C=O) groups excluding carboxylic acids is 1. The summed E-state index contributed by atoms with van der Waals surface area (Å²) >= 11 is 0. The Morgan fingerprint density at radius 3 is 2.78 bits per heavy atom. The first kappa shape index (κ1) is 13.1. The quantitative estimate of drug-likeness (QED) is 0.833. The Labute approximate surface area is 109 Å². The summed E-state index contributed by atoms with van der Waals surface area (Å²) in [6.07, 6.45) is 5.03. The molecule has 98 valence electrons. The van der Waals surface area contributed by atoms with Crippen molar-refractivity contribution in [1.29, 1.82) is 0 Å².